The van der Waals surface area contributed by atoms with Gasteiger partial charge in [0.05, 0.1) is 17.6 Å². The van der Waals surface area contributed by atoms with Crippen LogP contribution in [0.15, 0.2) is 36.5 Å². The van der Waals surface area contributed by atoms with Crippen LogP contribution in [0, 0.1) is 13.8 Å². The van der Waals surface area contributed by atoms with E-state index >= 15 is 0 Å². The number of hydrogen-bond donors (Lipinski definition) is 1. The largest absolute Gasteiger partial charge is 0.305 e. The van der Waals surface area contributed by atoms with E-state index in [0.717, 1.165) is 16.9 Å². The van der Waals surface area contributed by atoms with Crippen molar-refractivity contribution >= 4 is 11.7 Å². The van der Waals surface area contributed by atoms with Gasteiger partial charge in [-0.2, -0.15) is 5.10 Å². The molecule has 0 fully saturated rings. The van der Waals surface area contributed by atoms with E-state index in [9.17, 15) is 4.79 Å². The summed E-state index contributed by atoms with van der Waals surface area (Å²) < 4.78 is 3.18. The third-order valence-corrected chi connectivity index (χ3v) is 3.27. The first-order valence-electron chi connectivity index (χ1n) is 6.84. The number of hydrogen-bond acceptors (Lipinski definition) is 4. The number of amides is 1. The Hall–Kier alpha value is -2.96. The highest BCUT2D eigenvalue weighted by molar-refractivity contribution is 6.02. The predicted molar refractivity (Wildman–Crippen MR) is 82.0 cm³/mol. The lowest BCUT2D eigenvalue weighted by Gasteiger charge is -2.02. The monoisotopic (exact) mass is 296 g/mol. The minimum absolute atomic E-state index is 0.249. The summed E-state index contributed by atoms with van der Waals surface area (Å²) in [6.07, 6.45) is 1.60. The molecular weight excluding hydrogens is 280 g/mol. The highest BCUT2D eigenvalue weighted by Gasteiger charge is 2.13. The summed E-state index contributed by atoms with van der Waals surface area (Å²) in [7, 11) is 1.77. The van der Waals surface area contributed by atoms with Crippen molar-refractivity contribution in [2.24, 2.45) is 7.05 Å². The molecule has 2 heterocycles. The fraction of sp³-hybridized carbons (Fsp3) is 0.200. The van der Waals surface area contributed by atoms with Gasteiger partial charge in [0.2, 0.25) is 0 Å². The summed E-state index contributed by atoms with van der Waals surface area (Å²) in [5.41, 5.74) is 3.10. The lowest BCUT2D eigenvalue weighted by molar-refractivity contribution is 0.102. The van der Waals surface area contributed by atoms with Crippen LogP contribution >= 0.6 is 0 Å². The molecule has 112 valence electrons. The molecule has 1 N–H and O–H groups in total. The first kappa shape index (κ1) is 14.0. The summed E-state index contributed by atoms with van der Waals surface area (Å²) in [4.78, 5) is 12.2. The predicted octanol–water partition coefficient (Wildman–Crippen LogP) is 1.87. The smallest absolute Gasteiger partial charge is 0.279 e. The SMILES string of the molecule is Cc1ccc(-n2cc(C(=O)Nc3cc(C)nn3C)nn2)cc1. The second-order valence-electron chi connectivity index (χ2n) is 5.13. The normalized spacial score (nSPS) is 10.7. The molecule has 1 aromatic carbocycles. The molecule has 0 atom stereocenters. The molecule has 3 aromatic rings. The lowest BCUT2D eigenvalue weighted by Crippen LogP contribution is -2.15. The second-order valence-corrected chi connectivity index (χ2v) is 5.13. The van der Waals surface area contributed by atoms with Crippen LogP contribution in [0.4, 0.5) is 5.82 Å². The molecule has 7 nitrogen and oxygen atoms in total. The maximum atomic E-state index is 12.2. The second kappa shape index (κ2) is 5.44. The van der Waals surface area contributed by atoms with Crippen molar-refractivity contribution in [1.29, 1.82) is 0 Å². The van der Waals surface area contributed by atoms with E-state index in [1.165, 1.54) is 0 Å². The molecule has 0 bridgehead atoms. The molecule has 22 heavy (non-hydrogen) atoms. The van der Waals surface area contributed by atoms with Crippen LogP contribution < -0.4 is 5.32 Å². The Morgan fingerprint density at radius 3 is 2.55 bits per heavy atom. The minimum atomic E-state index is -0.318. The molecule has 2 aromatic heterocycles. The van der Waals surface area contributed by atoms with Crippen molar-refractivity contribution in [2.45, 2.75) is 13.8 Å². The van der Waals surface area contributed by atoms with E-state index in [4.69, 9.17) is 0 Å². The molecule has 7 heteroatoms. The zero-order chi connectivity index (χ0) is 15.7. The van der Waals surface area contributed by atoms with Crippen LogP contribution in [0.1, 0.15) is 21.7 Å². The Bertz CT molecular complexity index is 815. The van der Waals surface area contributed by atoms with Crippen molar-refractivity contribution in [3.63, 3.8) is 0 Å². The molecule has 0 aliphatic carbocycles. The Balaban J connectivity index is 1.79. The number of anilines is 1. The van der Waals surface area contributed by atoms with Gasteiger partial charge in [-0.05, 0) is 26.0 Å². The van der Waals surface area contributed by atoms with Crippen LogP contribution in [0.25, 0.3) is 5.69 Å². The van der Waals surface area contributed by atoms with Crippen molar-refractivity contribution in [3.05, 3.63) is 53.5 Å². The number of nitrogens with one attached hydrogen (secondary N) is 1. The first-order chi connectivity index (χ1) is 10.5. The zero-order valence-electron chi connectivity index (χ0n) is 12.6. The number of carbonyl (C=O) groups is 1. The maximum absolute atomic E-state index is 12.2. The standard InChI is InChI=1S/C15H16N6O/c1-10-4-6-12(7-5-10)21-9-13(17-19-21)15(22)16-14-8-11(2)18-20(14)3/h4-9H,1-3H3,(H,16,22). The van der Waals surface area contributed by atoms with E-state index in [0.29, 0.717) is 5.82 Å². The molecule has 0 saturated heterocycles. The minimum Gasteiger partial charge on any atom is -0.305 e. The van der Waals surface area contributed by atoms with Gasteiger partial charge in [0.15, 0.2) is 5.69 Å². The molecule has 1 amide bonds. The fourth-order valence-electron chi connectivity index (χ4n) is 2.10. The Kier molecular flexibility index (Phi) is 3.46. The van der Waals surface area contributed by atoms with E-state index in [1.807, 2.05) is 38.1 Å². The number of aromatic nitrogens is 5. The number of rotatable bonds is 3. The zero-order valence-corrected chi connectivity index (χ0v) is 12.6. The third-order valence-electron chi connectivity index (χ3n) is 3.27. The average molecular weight is 296 g/mol. The summed E-state index contributed by atoms with van der Waals surface area (Å²) in [5.74, 6) is 0.300. The number of nitrogens with zero attached hydrogens (tertiary/aromatic N) is 5. The van der Waals surface area contributed by atoms with Crippen molar-refractivity contribution in [2.75, 3.05) is 5.32 Å². The molecule has 0 aliphatic heterocycles. The van der Waals surface area contributed by atoms with Gasteiger partial charge in [0.25, 0.3) is 5.91 Å². The van der Waals surface area contributed by atoms with Crippen LogP contribution in [0.2, 0.25) is 0 Å². The van der Waals surface area contributed by atoms with Crippen LogP contribution in [0.5, 0.6) is 0 Å². The van der Waals surface area contributed by atoms with Gasteiger partial charge in [-0.1, -0.05) is 22.9 Å². The summed E-state index contributed by atoms with van der Waals surface area (Å²) >= 11 is 0. The highest BCUT2D eigenvalue weighted by atomic mass is 16.2. The van der Waals surface area contributed by atoms with E-state index in [-0.39, 0.29) is 11.6 Å². The Morgan fingerprint density at radius 1 is 1.18 bits per heavy atom. The molecule has 0 unspecified atom stereocenters. The van der Waals surface area contributed by atoms with Crippen LogP contribution in [-0.4, -0.2) is 30.7 Å². The van der Waals surface area contributed by atoms with Crippen molar-refractivity contribution in [3.8, 4) is 5.69 Å². The average Bonchev–Trinajstić information content (AvgIpc) is 3.07. The van der Waals surface area contributed by atoms with Crippen LogP contribution in [0.3, 0.4) is 0 Å². The molecular formula is C15H16N6O. The summed E-state index contributed by atoms with van der Waals surface area (Å²) in [6, 6.07) is 9.61. The van der Waals surface area contributed by atoms with Gasteiger partial charge in [-0.25, -0.2) is 4.68 Å². The Morgan fingerprint density at radius 2 is 1.91 bits per heavy atom. The molecule has 0 saturated carbocycles. The molecule has 3 rings (SSSR count). The molecule has 0 aliphatic rings. The quantitative estimate of drug-likeness (QED) is 0.800. The van der Waals surface area contributed by atoms with Gasteiger partial charge in [0, 0.05) is 13.1 Å². The first-order valence-corrected chi connectivity index (χ1v) is 6.84. The van der Waals surface area contributed by atoms with Crippen molar-refractivity contribution < 1.29 is 4.79 Å². The van der Waals surface area contributed by atoms with E-state index < -0.39 is 0 Å². The van der Waals surface area contributed by atoms with Gasteiger partial charge in [-0.15, -0.1) is 5.10 Å². The fourth-order valence-corrected chi connectivity index (χ4v) is 2.10. The van der Waals surface area contributed by atoms with E-state index in [1.54, 1.807) is 28.7 Å². The van der Waals surface area contributed by atoms with Gasteiger partial charge < -0.3 is 5.32 Å². The van der Waals surface area contributed by atoms with Gasteiger partial charge >= 0.3 is 0 Å². The number of benzene rings is 1. The molecule has 0 radical (unpaired) electrons. The third kappa shape index (κ3) is 2.73. The van der Waals surface area contributed by atoms with Crippen LogP contribution in [-0.2, 0) is 7.05 Å². The van der Waals surface area contributed by atoms with E-state index in [2.05, 4.69) is 20.7 Å². The van der Waals surface area contributed by atoms with Gasteiger partial charge in [0.1, 0.15) is 5.82 Å². The topological polar surface area (TPSA) is 77.6 Å². The highest BCUT2D eigenvalue weighted by Crippen LogP contribution is 2.11. The molecule has 0 spiro atoms. The summed E-state index contributed by atoms with van der Waals surface area (Å²) in [6.45, 7) is 3.88. The Labute approximate surface area is 127 Å². The maximum Gasteiger partial charge on any atom is 0.279 e. The summed E-state index contributed by atoms with van der Waals surface area (Å²) in [5, 5.41) is 14.9. The van der Waals surface area contributed by atoms with Gasteiger partial charge in [-0.3, -0.25) is 9.48 Å². The number of carbonyl (C=O) groups excluding carboxylic acids is 1. The van der Waals surface area contributed by atoms with Crippen molar-refractivity contribution in [1.82, 2.24) is 24.8 Å². The number of aryl methyl sites for hydroxylation is 3. The lowest BCUT2D eigenvalue weighted by atomic mass is 10.2.